The van der Waals surface area contributed by atoms with E-state index >= 15 is 4.57 Å². The fraction of sp³-hybridized carbons (Fsp3) is 0.400. The van der Waals surface area contributed by atoms with Crippen molar-refractivity contribution in [3.05, 3.63) is 72.8 Å². The Morgan fingerprint density at radius 1 is 0.606 bits per heavy atom. The van der Waals surface area contributed by atoms with Crippen molar-refractivity contribution in [3.8, 4) is 28.0 Å². The summed E-state index contributed by atoms with van der Waals surface area (Å²) in [6, 6.07) is 24.4. The molecule has 0 atom stereocenters. The molecule has 2 fully saturated rings. The third kappa shape index (κ3) is 4.43. The lowest BCUT2D eigenvalue weighted by Crippen LogP contribution is -2.30. The number of phenolic OH excluding ortho intramolecular Hbond substituents is 1. The zero-order valence-electron chi connectivity index (χ0n) is 19.5. The van der Waals surface area contributed by atoms with Crippen LogP contribution in [-0.4, -0.2) is 16.4 Å². The van der Waals surface area contributed by atoms with Crippen molar-refractivity contribution in [2.24, 2.45) is 0 Å². The van der Waals surface area contributed by atoms with Gasteiger partial charge in [-0.25, -0.2) is 0 Å². The molecule has 2 nitrogen and oxygen atoms in total. The molecular weight excluding hydrogens is 423 g/mol. The highest BCUT2D eigenvalue weighted by molar-refractivity contribution is 7.73. The Morgan fingerprint density at radius 3 is 1.79 bits per heavy atom. The molecule has 0 radical (unpaired) electrons. The molecule has 172 valence electrons. The molecule has 0 aliphatic heterocycles. The van der Waals surface area contributed by atoms with Crippen LogP contribution in [0.25, 0.3) is 22.3 Å². The van der Waals surface area contributed by atoms with E-state index in [-0.39, 0.29) is 17.1 Å². The Kier molecular flexibility index (Phi) is 6.74. The minimum Gasteiger partial charge on any atom is -0.507 e. The number of benzene rings is 3. The highest BCUT2D eigenvalue weighted by Crippen LogP contribution is 2.63. The van der Waals surface area contributed by atoms with Crippen molar-refractivity contribution in [2.45, 2.75) is 75.5 Å². The monoisotopic (exact) mass is 458 g/mol. The molecule has 0 spiro atoms. The van der Waals surface area contributed by atoms with Gasteiger partial charge in [0.1, 0.15) is 12.9 Å². The van der Waals surface area contributed by atoms with Crippen molar-refractivity contribution in [1.82, 2.24) is 0 Å². The average molecular weight is 459 g/mol. The number of rotatable bonds is 5. The van der Waals surface area contributed by atoms with E-state index in [2.05, 4.69) is 42.5 Å². The summed E-state index contributed by atoms with van der Waals surface area (Å²) in [5.41, 5.74) is 4.62. The number of para-hydroxylation sites is 1. The Balaban J connectivity index is 1.73. The molecule has 2 aliphatic carbocycles. The molecule has 3 heteroatoms. The second-order valence-corrected chi connectivity index (χ2v) is 13.3. The maximum absolute atomic E-state index is 15.5. The van der Waals surface area contributed by atoms with E-state index in [9.17, 15) is 5.11 Å². The fourth-order valence-corrected chi connectivity index (χ4v) is 10.8. The van der Waals surface area contributed by atoms with Crippen LogP contribution >= 0.6 is 7.14 Å². The summed E-state index contributed by atoms with van der Waals surface area (Å²) in [5.74, 6) is 0.279. The van der Waals surface area contributed by atoms with E-state index < -0.39 is 7.14 Å². The summed E-state index contributed by atoms with van der Waals surface area (Å²) in [5, 5.41) is 11.6. The first kappa shape index (κ1) is 22.5. The quantitative estimate of drug-likeness (QED) is 0.390. The van der Waals surface area contributed by atoms with Crippen LogP contribution in [0.1, 0.15) is 64.2 Å². The third-order valence-electron chi connectivity index (χ3n) is 7.91. The number of hydrogen-bond acceptors (Lipinski definition) is 2. The van der Waals surface area contributed by atoms with Crippen LogP contribution in [0.4, 0.5) is 0 Å². The molecule has 0 heterocycles. The molecule has 0 unspecified atom stereocenters. The van der Waals surface area contributed by atoms with Crippen LogP contribution in [0.15, 0.2) is 72.8 Å². The first-order valence-electron chi connectivity index (χ1n) is 12.8. The SMILES string of the molecule is O=P(c1cc(-c2ccccc2O)ccc1-c1ccccc1)(C1CCCCC1)C1CCCCC1. The van der Waals surface area contributed by atoms with E-state index in [4.69, 9.17) is 0 Å². The molecule has 1 N–H and O–H groups in total. The molecule has 3 aromatic rings. The van der Waals surface area contributed by atoms with E-state index in [0.717, 1.165) is 53.2 Å². The van der Waals surface area contributed by atoms with E-state index in [1.807, 2.05) is 24.3 Å². The Hall–Kier alpha value is -2.31. The van der Waals surface area contributed by atoms with Crippen molar-refractivity contribution in [1.29, 1.82) is 0 Å². The molecule has 0 bridgehead atoms. The second-order valence-electron chi connectivity index (χ2n) is 9.91. The molecule has 0 saturated heterocycles. The summed E-state index contributed by atoms with van der Waals surface area (Å²) in [6.07, 6.45) is 11.7. The first-order valence-corrected chi connectivity index (χ1v) is 14.6. The van der Waals surface area contributed by atoms with Crippen LogP contribution in [0.2, 0.25) is 0 Å². The summed E-state index contributed by atoms with van der Waals surface area (Å²) in [6.45, 7) is 0. The number of aromatic hydroxyl groups is 1. The van der Waals surface area contributed by atoms with Crippen molar-refractivity contribution in [2.75, 3.05) is 0 Å². The predicted octanol–water partition coefficient (Wildman–Crippen LogP) is 8.38. The van der Waals surface area contributed by atoms with Gasteiger partial charge >= 0.3 is 0 Å². The summed E-state index contributed by atoms with van der Waals surface area (Å²) < 4.78 is 15.5. The van der Waals surface area contributed by atoms with Gasteiger partial charge in [-0.3, -0.25) is 0 Å². The number of phenols is 1. The van der Waals surface area contributed by atoms with E-state index in [1.54, 1.807) is 6.07 Å². The van der Waals surface area contributed by atoms with Crippen LogP contribution in [0, 0.1) is 0 Å². The molecule has 0 aromatic heterocycles. The average Bonchev–Trinajstić information content (AvgIpc) is 2.90. The molecule has 0 amide bonds. The maximum atomic E-state index is 15.5. The highest BCUT2D eigenvalue weighted by Gasteiger charge is 2.43. The second kappa shape index (κ2) is 9.90. The lowest BCUT2D eigenvalue weighted by atomic mass is 9.99. The lowest BCUT2D eigenvalue weighted by molar-refractivity contribution is 0.453. The standard InChI is InChI=1S/C30H35O2P/c31-29-19-11-10-18-27(29)24-20-21-28(23-12-4-1-5-13-23)30(22-24)33(32,25-14-6-2-7-15-25)26-16-8-3-9-17-26/h1,4-5,10-13,18-22,25-26,31H,2-3,6-9,14-17H2. The first-order chi connectivity index (χ1) is 16.2. The van der Waals surface area contributed by atoms with E-state index in [0.29, 0.717) is 0 Å². The number of hydrogen-bond donors (Lipinski definition) is 1. The minimum absolute atomic E-state index is 0.279. The van der Waals surface area contributed by atoms with Crippen molar-refractivity contribution in [3.63, 3.8) is 0 Å². The smallest absolute Gasteiger partial charge is 0.123 e. The van der Waals surface area contributed by atoms with Gasteiger partial charge in [-0.2, -0.15) is 0 Å². The van der Waals surface area contributed by atoms with Crippen LogP contribution < -0.4 is 5.30 Å². The van der Waals surface area contributed by atoms with Gasteiger partial charge in [0.2, 0.25) is 0 Å². The Labute approximate surface area is 198 Å². The Bertz CT molecular complexity index is 1100. The molecular formula is C30H35O2P. The van der Waals surface area contributed by atoms with Gasteiger partial charge in [-0.05, 0) is 54.5 Å². The zero-order chi connectivity index (χ0) is 22.7. The summed E-state index contributed by atoms with van der Waals surface area (Å²) in [4.78, 5) is 0. The molecule has 2 saturated carbocycles. The van der Waals surface area contributed by atoms with Gasteiger partial charge in [0, 0.05) is 22.2 Å². The van der Waals surface area contributed by atoms with Gasteiger partial charge < -0.3 is 9.67 Å². The lowest BCUT2D eigenvalue weighted by Gasteiger charge is -2.39. The van der Waals surface area contributed by atoms with E-state index in [1.165, 1.54) is 38.5 Å². The Morgan fingerprint density at radius 2 is 1.18 bits per heavy atom. The van der Waals surface area contributed by atoms with Crippen molar-refractivity contribution >= 4 is 12.4 Å². The third-order valence-corrected chi connectivity index (χ3v) is 12.2. The van der Waals surface area contributed by atoms with Gasteiger partial charge in [0.25, 0.3) is 0 Å². The predicted molar refractivity (Wildman–Crippen MR) is 140 cm³/mol. The van der Waals surface area contributed by atoms with Gasteiger partial charge in [-0.15, -0.1) is 0 Å². The zero-order valence-corrected chi connectivity index (χ0v) is 20.4. The normalized spacial score (nSPS) is 18.3. The molecule has 3 aromatic carbocycles. The molecule has 5 rings (SSSR count). The van der Waals surface area contributed by atoms with Gasteiger partial charge in [-0.1, -0.05) is 99.2 Å². The summed E-state index contributed by atoms with van der Waals surface area (Å²) >= 11 is 0. The van der Waals surface area contributed by atoms with Crippen LogP contribution in [0.5, 0.6) is 5.75 Å². The van der Waals surface area contributed by atoms with Gasteiger partial charge in [0.15, 0.2) is 0 Å². The molecule has 2 aliphatic rings. The largest absolute Gasteiger partial charge is 0.507 e. The van der Waals surface area contributed by atoms with Crippen LogP contribution in [-0.2, 0) is 4.57 Å². The topological polar surface area (TPSA) is 37.3 Å². The molecule has 33 heavy (non-hydrogen) atoms. The minimum atomic E-state index is -2.67. The maximum Gasteiger partial charge on any atom is 0.123 e. The van der Waals surface area contributed by atoms with Crippen LogP contribution in [0.3, 0.4) is 0 Å². The van der Waals surface area contributed by atoms with Crippen molar-refractivity contribution < 1.29 is 9.67 Å². The highest BCUT2D eigenvalue weighted by atomic mass is 31.2. The fourth-order valence-electron chi connectivity index (χ4n) is 6.19. The summed E-state index contributed by atoms with van der Waals surface area (Å²) in [7, 11) is -2.67. The van der Waals surface area contributed by atoms with Gasteiger partial charge in [0.05, 0.1) is 0 Å².